The van der Waals surface area contributed by atoms with Crippen LogP contribution in [0.1, 0.15) is 13.8 Å². The first-order valence-corrected chi connectivity index (χ1v) is 6.85. The standard InChI is InChI=1S/C12H14Cl2N6O/c1-6(2)21-12-18-10(17-11(19-12)20-15)16-9-5-7(13)3-4-8(9)14/h3-6H,15H2,1-2H3,(H2,16,17,18,19,20). The monoisotopic (exact) mass is 328 g/mol. The largest absolute Gasteiger partial charge is 0.461 e. The third-order valence-corrected chi connectivity index (χ3v) is 2.82. The zero-order chi connectivity index (χ0) is 15.4. The topological polar surface area (TPSA) is 98.0 Å². The van der Waals surface area contributed by atoms with Crippen LogP contribution >= 0.6 is 23.2 Å². The number of nitrogens with two attached hydrogens (primary N) is 1. The number of rotatable bonds is 5. The van der Waals surface area contributed by atoms with Crippen molar-refractivity contribution in [2.24, 2.45) is 5.84 Å². The van der Waals surface area contributed by atoms with Gasteiger partial charge >= 0.3 is 6.01 Å². The van der Waals surface area contributed by atoms with Crippen molar-refractivity contribution in [2.45, 2.75) is 20.0 Å². The molecule has 0 saturated heterocycles. The van der Waals surface area contributed by atoms with Crippen LogP contribution in [0.5, 0.6) is 6.01 Å². The molecule has 0 bridgehead atoms. The van der Waals surface area contributed by atoms with E-state index < -0.39 is 0 Å². The predicted octanol–water partition coefficient (Wildman–Crippen LogP) is 2.99. The van der Waals surface area contributed by atoms with Crippen molar-refractivity contribution in [2.75, 3.05) is 10.7 Å². The first-order chi connectivity index (χ1) is 9.97. The van der Waals surface area contributed by atoms with E-state index in [1.54, 1.807) is 18.2 Å². The lowest BCUT2D eigenvalue weighted by atomic mass is 10.3. The third-order valence-electron chi connectivity index (χ3n) is 2.26. The number of halogens is 2. The van der Waals surface area contributed by atoms with Crippen LogP contribution in [0.2, 0.25) is 10.0 Å². The maximum Gasteiger partial charge on any atom is 0.323 e. The van der Waals surface area contributed by atoms with Crippen molar-refractivity contribution in [3.63, 3.8) is 0 Å². The first kappa shape index (κ1) is 15.6. The minimum atomic E-state index is -0.0827. The molecule has 1 heterocycles. The Balaban J connectivity index is 2.32. The molecule has 0 aliphatic heterocycles. The first-order valence-electron chi connectivity index (χ1n) is 6.09. The van der Waals surface area contributed by atoms with Crippen LogP contribution in [0.25, 0.3) is 0 Å². The minimum Gasteiger partial charge on any atom is -0.461 e. The fourth-order valence-corrected chi connectivity index (χ4v) is 1.79. The number of hydrogen-bond acceptors (Lipinski definition) is 7. The molecule has 1 aromatic carbocycles. The number of ether oxygens (including phenoxy) is 1. The number of nitrogen functional groups attached to an aromatic ring is 1. The zero-order valence-corrected chi connectivity index (χ0v) is 12.9. The van der Waals surface area contributed by atoms with Gasteiger partial charge in [-0.3, -0.25) is 5.43 Å². The Morgan fingerprint density at radius 3 is 2.52 bits per heavy atom. The van der Waals surface area contributed by atoms with Gasteiger partial charge in [0.1, 0.15) is 0 Å². The highest BCUT2D eigenvalue weighted by molar-refractivity contribution is 6.35. The summed E-state index contributed by atoms with van der Waals surface area (Å²) in [6.07, 6.45) is -0.0827. The maximum atomic E-state index is 6.08. The Kier molecular flexibility index (Phi) is 5.00. The van der Waals surface area contributed by atoms with Gasteiger partial charge in [0.05, 0.1) is 16.8 Å². The molecule has 0 radical (unpaired) electrons. The molecule has 112 valence electrons. The van der Waals surface area contributed by atoms with Gasteiger partial charge < -0.3 is 10.1 Å². The molecule has 2 aromatic rings. The van der Waals surface area contributed by atoms with Gasteiger partial charge in [0.2, 0.25) is 11.9 Å². The fourth-order valence-electron chi connectivity index (χ4n) is 1.45. The summed E-state index contributed by atoms with van der Waals surface area (Å²) in [6, 6.07) is 5.16. The van der Waals surface area contributed by atoms with Gasteiger partial charge in [0.25, 0.3) is 0 Å². The minimum absolute atomic E-state index is 0.0827. The van der Waals surface area contributed by atoms with Crippen LogP contribution in [0, 0.1) is 0 Å². The molecule has 0 saturated carbocycles. The summed E-state index contributed by atoms with van der Waals surface area (Å²) in [6.45, 7) is 3.72. The molecule has 0 aliphatic carbocycles. The average molecular weight is 329 g/mol. The van der Waals surface area contributed by atoms with E-state index in [4.69, 9.17) is 33.8 Å². The Hall–Kier alpha value is -1.83. The molecular weight excluding hydrogens is 315 g/mol. The maximum absolute atomic E-state index is 6.08. The Morgan fingerprint density at radius 2 is 1.86 bits per heavy atom. The molecule has 1 aromatic heterocycles. The molecule has 0 amide bonds. The molecule has 7 nitrogen and oxygen atoms in total. The number of nitrogens with one attached hydrogen (secondary N) is 2. The molecule has 2 rings (SSSR count). The molecule has 4 N–H and O–H groups in total. The Bertz CT molecular complexity index is 637. The predicted molar refractivity (Wildman–Crippen MR) is 83.1 cm³/mol. The van der Waals surface area contributed by atoms with Crippen molar-refractivity contribution in [1.82, 2.24) is 15.0 Å². The number of hydrazine groups is 1. The number of nitrogens with zero attached hydrogens (tertiary/aromatic N) is 3. The lowest BCUT2D eigenvalue weighted by molar-refractivity contribution is 0.222. The summed E-state index contributed by atoms with van der Waals surface area (Å²) in [5.41, 5.74) is 2.92. The number of hydrogen-bond donors (Lipinski definition) is 3. The van der Waals surface area contributed by atoms with Crippen LogP contribution in [0.3, 0.4) is 0 Å². The lowest BCUT2D eigenvalue weighted by Gasteiger charge is -2.11. The summed E-state index contributed by atoms with van der Waals surface area (Å²) < 4.78 is 5.43. The normalized spacial score (nSPS) is 10.6. The fraction of sp³-hybridized carbons (Fsp3) is 0.250. The molecular formula is C12H14Cl2N6O. The second kappa shape index (κ2) is 6.75. The summed E-state index contributed by atoms with van der Waals surface area (Å²) in [5.74, 6) is 5.73. The molecule has 0 unspecified atom stereocenters. The molecule has 0 atom stereocenters. The van der Waals surface area contributed by atoms with Gasteiger partial charge in [0.15, 0.2) is 0 Å². The zero-order valence-electron chi connectivity index (χ0n) is 11.4. The number of anilines is 3. The van der Waals surface area contributed by atoms with E-state index in [0.717, 1.165) is 0 Å². The highest BCUT2D eigenvalue weighted by Gasteiger charge is 2.10. The van der Waals surface area contributed by atoms with Gasteiger partial charge in [-0.1, -0.05) is 23.2 Å². The highest BCUT2D eigenvalue weighted by Crippen LogP contribution is 2.27. The molecule has 21 heavy (non-hydrogen) atoms. The molecule has 0 fully saturated rings. The van der Waals surface area contributed by atoms with Gasteiger partial charge in [-0.25, -0.2) is 5.84 Å². The second-order valence-corrected chi connectivity index (χ2v) is 5.17. The van der Waals surface area contributed by atoms with Crippen molar-refractivity contribution in [3.8, 4) is 6.01 Å². The van der Waals surface area contributed by atoms with Crippen LogP contribution in [-0.2, 0) is 0 Å². The summed E-state index contributed by atoms with van der Waals surface area (Å²) in [7, 11) is 0. The van der Waals surface area contributed by atoms with E-state index in [1.807, 2.05) is 13.8 Å². The van der Waals surface area contributed by atoms with Crippen molar-refractivity contribution < 1.29 is 4.74 Å². The van der Waals surface area contributed by atoms with Crippen molar-refractivity contribution in [1.29, 1.82) is 0 Å². The van der Waals surface area contributed by atoms with E-state index in [1.165, 1.54) is 0 Å². The highest BCUT2D eigenvalue weighted by atomic mass is 35.5. The van der Waals surface area contributed by atoms with Crippen LogP contribution in [0.4, 0.5) is 17.6 Å². The summed E-state index contributed by atoms with van der Waals surface area (Å²) >= 11 is 12.0. The van der Waals surface area contributed by atoms with E-state index >= 15 is 0 Å². The van der Waals surface area contributed by atoms with Crippen LogP contribution < -0.4 is 21.3 Å². The third kappa shape index (κ3) is 4.32. The van der Waals surface area contributed by atoms with Gasteiger partial charge in [0, 0.05) is 5.02 Å². The lowest BCUT2D eigenvalue weighted by Crippen LogP contribution is -2.15. The summed E-state index contributed by atoms with van der Waals surface area (Å²) in [4.78, 5) is 12.2. The number of aromatic nitrogens is 3. The summed E-state index contributed by atoms with van der Waals surface area (Å²) in [5, 5.41) is 3.96. The average Bonchev–Trinajstić information content (AvgIpc) is 2.42. The van der Waals surface area contributed by atoms with Crippen molar-refractivity contribution >= 4 is 40.8 Å². The van der Waals surface area contributed by atoms with Gasteiger partial charge in [-0.05, 0) is 32.0 Å². The van der Waals surface area contributed by atoms with Crippen molar-refractivity contribution in [3.05, 3.63) is 28.2 Å². The molecule has 9 heteroatoms. The quantitative estimate of drug-likeness (QED) is 0.573. The van der Waals surface area contributed by atoms with E-state index in [9.17, 15) is 0 Å². The van der Waals surface area contributed by atoms with E-state index in [-0.39, 0.29) is 24.0 Å². The van der Waals surface area contributed by atoms with E-state index in [0.29, 0.717) is 15.7 Å². The number of benzene rings is 1. The smallest absolute Gasteiger partial charge is 0.323 e. The Morgan fingerprint density at radius 1 is 1.14 bits per heavy atom. The van der Waals surface area contributed by atoms with Gasteiger partial charge in [-0.2, -0.15) is 15.0 Å². The Labute approximate surface area is 131 Å². The SMILES string of the molecule is CC(C)Oc1nc(NN)nc(Nc2cc(Cl)ccc2Cl)n1. The molecule has 0 spiro atoms. The van der Waals surface area contributed by atoms with Crippen LogP contribution in [-0.4, -0.2) is 21.1 Å². The second-order valence-electron chi connectivity index (χ2n) is 4.33. The van der Waals surface area contributed by atoms with E-state index in [2.05, 4.69) is 25.7 Å². The van der Waals surface area contributed by atoms with Crippen LogP contribution in [0.15, 0.2) is 18.2 Å². The van der Waals surface area contributed by atoms with Gasteiger partial charge in [-0.15, -0.1) is 0 Å². The molecule has 0 aliphatic rings.